The molecule has 0 spiro atoms. The molecule has 1 unspecified atom stereocenters. The zero-order valence-electron chi connectivity index (χ0n) is 33.7. The molecule has 1 aliphatic rings. The number of hydrogen-bond acceptors (Lipinski definition) is 4. The van der Waals surface area contributed by atoms with Gasteiger partial charge in [-0.3, -0.25) is 0 Å². The first-order chi connectivity index (χ1) is 30.7. The Morgan fingerprint density at radius 3 is 1.65 bits per heavy atom. The molecule has 1 aliphatic heterocycles. The highest BCUT2D eigenvalue weighted by atomic mass is 15.1. The molecule has 0 radical (unpaired) electrons. The largest absolute Gasteiger partial charge is 0.359 e. The molecular formula is C58H38N4. The van der Waals surface area contributed by atoms with Crippen LogP contribution in [0.2, 0.25) is 0 Å². The van der Waals surface area contributed by atoms with Crippen molar-refractivity contribution in [1.82, 2.24) is 15.3 Å². The van der Waals surface area contributed by atoms with Crippen LogP contribution in [-0.2, 0) is 0 Å². The number of fused-ring (bicyclic) bond motifs is 5. The van der Waals surface area contributed by atoms with E-state index in [0.717, 1.165) is 61.1 Å². The Bertz CT molecular complexity index is 3560. The molecule has 290 valence electrons. The van der Waals surface area contributed by atoms with E-state index < -0.39 is 0 Å². The quantitative estimate of drug-likeness (QED) is 0.182. The molecule has 1 N–H and O–H groups in total. The number of para-hydroxylation sites is 2. The number of aliphatic imine (C=N–C) groups is 1. The van der Waals surface area contributed by atoms with Crippen LogP contribution in [0.1, 0.15) is 22.7 Å². The molecule has 12 rings (SSSR count). The van der Waals surface area contributed by atoms with Gasteiger partial charge in [0.15, 0.2) is 5.82 Å². The van der Waals surface area contributed by atoms with Gasteiger partial charge in [0.05, 0.1) is 22.9 Å². The van der Waals surface area contributed by atoms with E-state index >= 15 is 0 Å². The number of benzene rings is 10. The van der Waals surface area contributed by atoms with Gasteiger partial charge in [0.2, 0.25) is 0 Å². The van der Waals surface area contributed by atoms with Gasteiger partial charge in [-0.05, 0) is 109 Å². The molecule has 11 aromatic rings. The number of hydrogen-bond donors (Lipinski definition) is 1. The topological polar surface area (TPSA) is 50.2 Å². The Hall–Kier alpha value is -8.21. The molecule has 0 fully saturated rings. The van der Waals surface area contributed by atoms with E-state index in [0.29, 0.717) is 5.82 Å². The number of rotatable bonds is 6. The van der Waals surface area contributed by atoms with Crippen molar-refractivity contribution < 1.29 is 0 Å². The van der Waals surface area contributed by atoms with Gasteiger partial charge in [0, 0.05) is 27.6 Å². The van der Waals surface area contributed by atoms with E-state index in [1.165, 1.54) is 49.4 Å². The summed E-state index contributed by atoms with van der Waals surface area (Å²) in [6.45, 7) is 0. The van der Waals surface area contributed by atoms with Crippen LogP contribution in [-0.4, -0.2) is 15.8 Å². The normalized spacial score (nSPS) is 13.5. The highest BCUT2D eigenvalue weighted by Gasteiger charge is 2.26. The lowest BCUT2D eigenvalue weighted by Crippen LogP contribution is -2.33. The maximum Gasteiger partial charge on any atom is 0.161 e. The maximum atomic E-state index is 5.40. The summed E-state index contributed by atoms with van der Waals surface area (Å²) in [5, 5.41) is 11.9. The third-order valence-electron chi connectivity index (χ3n) is 12.3. The Labute approximate surface area is 359 Å². The molecule has 0 aliphatic carbocycles. The molecule has 0 bridgehead atoms. The van der Waals surface area contributed by atoms with Gasteiger partial charge in [-0.2, -0.15) is 0 Å². The van der Waals surface area contributed by atoms with Crippen molar-refractivity contribution >= 4 is 54.7 Å². The molecule has 10 aromatic carbocycles. The predicted molar refractivity (Wildman–Crippen MR) is 258 cm³/mol. The van der Waals surface area contributed by atoms with Gasteiger partial charge in [0.1, 0.15) is 5.84 Å². The minimum atomic E-state index is -0.0981. The van der Waals surface area contributed by atoms with Crippen molar-refractivity contribution in [3.8, 4) is 44.9 Å². The molecule has 1 atom stereocenters. The molecule has 0 saturated heterocycles. The standard InChI is InChI=1S/C58H38N4/c1-3-13-37(14-4-1)41-27-23-39-25-29-43(35-45(39)33-41)55-51-19-9-11-21-53(51)59-57(61-55)49-31-32-50(48-18-8-7-17-47(48)49)58-60-54-22-12-10-20-52(54)56(62-58)44-30-26-40-24-28-42(34-46(40)36-44)38-15-5-2-6-16-38/h1-36,55H,(H,59,61). The van der Waals surface area contributed by atoms with Crippen LogP contribution in [0.3, 0.4) is 0 Å². The molecule has 4 heteroatoms. The summed E-state index contributed by atoms with van der Waals surface area (Å²) in [5.74, 6) is 1.52. The van der Waals surface area contributed by atoms with Crippen LogP contribution in [0.5, 0.6) is 0 Å². The summed E-state index contributed by atoms with van der Waals surface area (Å²) < 4.78 is 0. The average molecular weight is 791 g/mol. The predicted octanol–water partition coefficient (Wildman–Crippen LogP) is 14.5. The highest BCUT2D eigenvalue weighted by Crippen LogP contribution is 2.39. The molecule has 1 aromatic heterocycles. The lowest BCUT2D eigenvalue weighted by Gasteiger charge is -2.28. The third kappa shape index (κ3) is 6.29. The molecular weight excluding hydrogens is 753 g/mol. The van der Waals surface area contributed by atoms with Gasteiger partial charge in [0.25, 0.3) is 0 Å². The molecule has 4 nitrogen and oxygen atoms in total. The van der Waals surface area contributed by atoms with Crippen LogP contribution < -0.4 is 5.32 Å². The number of nitrogens with one attached hydrogen (secondary N) is 1. The molecule has 2 heterocycles. The SMILES string of the molecule is c1ccc(-c2ccc3ccc(-c4nc(-c5ccc(C6=Nc7ccccc7C(c7ccc8ccc(-c9ccccc9)cc8c7)N6)c6ccccc56)nc5ccccc45)cc3c2)cc1. The van der Waals surface area contributed by atoms with Gasteiger partial charge < -0.3 is 5.32 Å². The van der Waals surface area contributed by atoms with Crippen molar-refractivity contribution in [2.24, 2.45) is 4.99 Å². The minimum absolute atomic E-state index is 0.0981. The Morgan fingerprint density at radius 2 is 0.919 bits per heavy atom. The first-order valence-electron chi connectivity index (χ1n) is 21.1. The Kier molecular flexibility index (Phi) is 8.53. The van der Waals surface area contributed by atoms with Crippen LogP contribution in [0.15, 0.2) is 223 Å². The summed E-state index contributed by atoms with van der Waals surface area (Å²) >= 11 is 0. The lowest BCUT2D eigenvalue weighted by molar-refractivity contribution is 0.751. The van der Waals surface area contributed by atoms with E-state index in [1.54, 1.807) is 0 Å². The van der Waals surface area contributed by atoms with Gasteiger partial charge >= 0.3 is 0 Å². The summed E-state index contributed by atoms with van der Waals surface area (Å²) in [7, 11) is 0. The van der Waals surface area contributed by atoms with E-state index in [1.807, 2.05) is 0 Å². The maximum absolute atomic E-state index is 5.40. The molecule has 0 saturated carbocycles. The second-order valence-electron chi connectivity index (χ2n) is 16.0. The second kappa shape index (κ2) is 14.8. The van der Waals surface area contributed by atoms with Crippen molar-refractivity contribution in [2.75, 3.05) is 0 Å². The van der Waals surface area contributed by atoms with Crippen LogP contribution in [0.4, 0.5) is 5.69 Å². The van der Waals surface area contributed by atoms with Crippen molar-refractivity contribution in [3.05, 3.63) is 235 Å². The van der Waals surface area contributed by atoms with Gasteiger partial charge in [-0.1, -0.05) is 170 Å². The molecule has 62 heavy (non-hydrogen) atoms. The first-order valence-corrected chi connectivity index (χ1v) is 21.1. The van der Waals surface area contributed by atoms with E-state index in [-0.39, 0.29) is 6.04 Å². The van der Waals surface area contributed by atoms with Crippen molar-refractivity contribution in [2.45, 2.75) is 6.04 Å². The third-order valence-corrected chi connectivity index (χ3v) is 12.3. The Morgan fingerprint density at radius 1 is 0.371 bits per heavy atom. The van der Waals surface area contributed by atoms with Crippen LogP contribution >= 0.6 is 0 Å². The van der Waals surface area contributed by atoms with Crippen LogP contribution in [0, 0.1) is 0 Å². The minimum Gasteiger partial charge on any atom is -0.359 e. The van der Waals surface area contributed by atoms with Gasteiger partial charge in [-0.15, -0.1) is 0 Å². The zero-order valence-corrected chi connectivity index (χ0v) is 33.7. The van der Waals surface area contributed by atoms with E-state index in [4.69, 9.17) is 15.0 Å². The number of nitrogens with zero attached hydrogens (tertiary/aromatic N) is 3. The zero-order chi connectivity index (χ0) is 41.0. The summed E-state index contributed by atoms with van der Waals surface area (Å²) in [6, 6.07) is 77.6. The fraction of sp³-hybridized carbons (Fsp3) is 0.0172. The molecule has 0 amide bonds. The second-order valence-corrected chi connectivity index (χ2v) is 16.0. The number of aromatic nitrogens is 2. The summed E-state index contributed by atoms with van der Waals surface area (Å²) in [5.41, 5.74) is 13.0. The van der Waals surface area contributed by atoms with E-state index in [2.05, 4.69) is 224 Å². The summed E-state index contributed by atoms with van der Waals surface area (Å²) in [6.07, 6.45) is 0. The number of amidine groups is 1. The van der Waals surface area contributed by atoms with Crippen molar-refractivity contribution in [3.63, 3.8) is 0 Å². The summed E-state index contributed by atoms with van der Waals surface area (Å²) in [4.78, 5) is 15.9. The smallest absolute Gasteiger partial charge is 0.161 e. The lowest BCUT2D eigenvalue weighted by atomic mass is 9.91. The Balaban J connectivity index is 0.954. The van der Waals surface area contributed by atoms with Gasteiger partial charge in [-0.25, -0.2) is 15.0 Å². The average Bonchev–Trinajstić information content (AvgIpc) is 3.35. The van der Waals surface area contributed by atoms with Crippen LogP contribution in [0.25, 0.3) is 88.1 Å². The first kappa shape index (κ1) is 35.7. The fourth-order valence-corrected chi connectivity index (χ4v) is 9.18. The van der Waals surface area contributed by atoms with E-state index in [9.17, 15) is 0 Å². The highest BCUT2D eigenvalue weighted by molar-refractivity contribution is 6.14. The van der Waals surface area contributed by atoms with Crippen molar-refractivity contribution in [1.29, 1.82) is 0 Å². The fourth-order valence-electron chi connectivity index (χ4n) is 9.18. The monoisotopic (exact) mass is 790 g/mol.